The lowest BCUT2D eigenvalue weighted by Gasteiger charge is -2.15. The maximum absolute atomic E-state index is 6.07. The van der Waals surface area contributed by atoms with Crippen LogP contribution in [-0.4, -0.2) is 23.4 Å². The first-order chi connectivity index (χ1) is 9.63. The van der Waals surface area contributed by atoms with Crippen molar-refractivity contribution in [1.29, 1.82) is 0 Å². The fraction of sp³-hybridized carbons (Fsp3) is 0.357. The summed E-state index contributed by atoms with van der Waals surface area (Å²) in [4.78, 5) is 0. The maximum atomic E-state index is 6.07. The number of hydrogen-bond donors (Lipinski definition) is 1. The van der Waals surface area contributed by atoms with Crippen molar-refractivity contribution in [1.82, 2.24) is 9.78 Å². The fourth-order valence-corrected chi connectivity index (χ4v) is 2.21. The van der Waals surface area contributed by atoms with Gasteiger partial charge in [-0.05, 0) is 19.0 Å². The Morgan fingerprint density at radius 2 is 2.20 bits per heavy atom. The van der Waals surface area contributed by atoms with E-state index in [1.165, 1.54) is 0 Å². The first-order valence-electron chi connectivity index (χ1n) is 6.31. The van der Waals surface area contributed by atoms with Crippen LogP contribution in [0, 0.1) is 0 Å². The number of nitrogens with zero attached hydrogens (tertiary/aromatic N) is 2. The van der Waals surface area contributed by atoms with E-state index in [1.54, 1.807) is 24.1 Å². The van der Waals surface area contributed by atoms with Gasteiger partial charge in [0.05, 0.1) is 13.3 Å². The van der Waals surface area contributed by atoms with Gasteiger partial charge in [0.15, 0.2) is 11.5 Å². The van der Waals surface area contributed by atoms with Crippen LogP contribution >= 0.6 is 11.6 Å². The van der Waals surface area contributed by atoms with Gasteiger partial charge in [0, 0.05) is 35.5 Å². The third-order valence-corrected chi connectivity index (χ3v) is 3.09. The van der Waals surface area contributed by atoms with Crippen molar-refractivity contribution < 1.29 is 9.47 Å². The second-order valence-electron chi connectivity index (χ2n) is 4.45. The SMILES string of the molecule is COc1cc(Cl)cc(CCN)c1OCc1cnn(C)c1. The third kappa shape index (κ3) is 3.43. The lowest BCUT2D eigenvalue weighted by Crippen LogP contribution is -2.06. The number of nitrogens with two attached hydrogens (primary N) is 1. The summed E-state index contributed by atoms with van der Waals surface area (Å²) in [5, 5.41) is 4.72. The first kappa shape index (κ1) is 14.7. The van der Waals surface area contributed by atoms with Crippen LogP contribution in [0.4, 0.5) is 0 Å². The summed E-state index contributed by atoms with van der Waals surface area (Å²) in [6.07, 6.45) is 4.36. The molecule has 0 aliphatic rings. The summed E-state index contributed by atoms with van der Waals surface area (Å²) in [5.74, 6) is 1.30. The van der Waals surface area contributed by atoms with Gasteiger partial charge in [-0.3, -0.25) is 4.68 Å². The zero-order valence-electron chi connectivity index (χ0n) is 11.6. The topological polar surface area (TPSA) is 62.3 Å². The molecule has 6 heteroatoms. The van der Waals surface area contributed by atoms with Crippen molar-refractivity contribution in [3.05, 3.63) is 40.7 Å². The number of halogens is 1. The lowest BCUT2D eigenvalue weighted by molar-refractivity contribution is 0.281. The third-order valence-electron chi connectivity index (χ3n) is 2.87. The van der Waals surface area contributed by atoms with Gasteiger partial charge >= 0.3 is 0 Å². The second-order valence-corrected chi connectivity index (χ2v) is 4.88. The molecule has 0 aliphatic carbocycles. The van der Waals surface area contributed by atoms with E-state index >= 15 is 0 Å². The summed E-state index contributed by atoms with van der Waals surface area (Å²) in [6.45, 7) is 0.941. The Bertz CT molecular complexity index is 584. The number of aromatic nitrogens is 2. The molecule has 1 aromatic carbocycles. The summed E-state index contributed by atoms with van der Waals surface area (Å²) in [6, 6.07) is 3.59. The summed E-state index contributed by atoms with van der Waals surface area (Å²) in [7, 11) is 3.46. The zero-order chi connectivity index (χ0) is 14.5. The minimum Gasteiger partial charge on any atom is -0.493 e. The quantitative estimate of drug-likeness (QED) is 0.887. The second kappa shape index (κ2) is 6.63. The Morgan fingerprint density at radius 1 is 1.40 bits per heavy atom. The molecule has 0 saturated carbocycles. The molecule has 0 aliphatic heterocycles. The molecule has 1 aromatic heterocycles. The molecule has 1 heterocycles. The van der Waals surface area contributed by atoms with Crippen molar-refractivity contribution in [3.63, 3.8) is 0 Å². The Morgan fingerprint density at radius 3 is 2.80 bits per heavy atom. The van der Waals surface area contributed by atoms with Crippen LogP contribution in [0.5, 0.6) is 11.5 Å². The van der Waals surface area contributed by atoms with Gasteiger partial charge in [-0.2, -0.15) is 5.10 Å². The van der Waals surface area contributed by atoms with Crippen molar-refractivity contribution >= 4 is 11.6 Å². The average molecular weight is 296 g/mol. The number of ether oxygens (including phenoxy) is 2. The van der Waals surface area contributed by atoms with Crippen LogP contribution < -0.4 is 15.2 Å². The molecule has 20 heavy (non-hydrogen) atoms. The average Bonchev–Trinajstić information content (AvgIpc) is 2.83. The monoisotopic (exact) mass is 295 g/mol. The van der Waals surface area contributed by atoms with E-state index in [2.05, 4.69) is 5.10 Å². The van der Waals surface area contributed by atoms with Gasteiger partial charge in [0.1, 0.15) is 6.61 Å². The van der Waals surface area contributed by atoms with Gasteiger partial charge in [-0.15, -0.1) is 0 Å². The number of rotatable bonds is 6. The molecular weight excluding hydrogens is 278 g/mol. The molecule has 2 rings (SSSR count). The molecule has 0 saturated heterocycles. The molecule has 0 amide bonds. The van der Waals surface area contributed by atoms with Crippen LogP contribution in [0.15, 0.2) is 24.5 Å². The van der Waals surface area contributed by atoms with Crippen LogP contribution in [0.3, 0.4) is 0 Å². The standard InChI is InChI=1S/C14H18ClN3O2/c1-18-8-10(7-17-18)9-20-14-11(3-4-16)5-12(15)6-13(14)19-2/h5-8H,3-4,9,16H2,1-2H3. The number of aryl methyl sites for hydroxylation is 1. The number of methoxy groups -OCH3 is 1. The zero-order valence-corrected chi connectivity index (χ0v) is 12.4. The van der Waals surface area contributed by atoms with E-state index in [1.807, 2.05) is 19.3 Å². The van der Waals surface area contributed by atoms with Gasteiger partial charge in [-0.25, -0.2) is 0 Å². The Balaban J connectivity index is 2.23. The predicted molar refractivity (Wildman–Crippen MR) is 78.3 cm³/mol. The highest BCUT2D eigenvalue weighted by molar-refractivity contribution is 6.30. The molecule has 0 atom stereocenters. The van der Waals surface area contributed by atoms with E-state index in [9.17, 15) is 0 Å². The molecule has 0 unspecified atom stereocenters. The van der Waals surface area contributed by atoms with Crippen LogP contribution in [0.2, 0.25) is 5.02 Å². The van der Waals surface area contributed by atoms with Gasteiger partial charge in [0.25, 0.3) is 0 Å². The van der Waals surface area contributed by atoms with E-state index in [0.717, 1.165) is 11.1 Å². The van der Waals surface area contributed by atoms with Crippen LogP contribution in [0.1, 0.15) is 11.1 Å². The molecule has 0 fully saturated rings. The number of benzene rings is 1. The Kier molecular flexibility index (Phi) is 4.87. The molecule has 108 valence electrons. The van der Waals surface area contributed by atoms with Crippen molar-refractivity contribution in [2.75, 3.05) is 13.7 Å². The highest BCUT2D eigenvalue weighted by atomic mass is 35.5. The first-order valence-corrected chi connectivity index (χ1v) is 6.68. The van der Waals surface area contributed by atoms with E-state index < -0.39 is 0 Å². The molecular formula is C14H18ClN3O2. The normalized spacial score (nSPS) is 10.6. The van der Waals surface area contributed by atoms with Gasteiger partial charge in [-0.1, -0.05) is 11.6 Å². The molecule has 0 radical (unpaired) electrons. The van der Waals surface area contributed by atoms with Crippen molar-refractivity contribution in [3.8, 4) is 11.5 Å². The number of hydrogen-bond acceptors (Lipinski definition) is 4. The van der Waals surface area contributed by atoms with Crippen LogP contribution in [0.25, 0.3) is 0 Å². The van der Waals surface area contributed by atoms with Crippen molar-refractivity contribution in [2.45, 2.75) is 13.0 Å². The minimum absolute atomic E-state index is 0.420. The summed E-state index contributed by atoms with van der Waals surface area (Å²) >= 11 is 6.07. The summed E-state index contributed by atoms with van der Waals surface area (Å²) < 4.78 is 12.9. The smallest absolute Gasteiger partial charge is 0.165 e. The van der Waals surface area contributed by atoms with Gasteiger partial charge in [0.2, 0.25) is 0 Å². The predicted octanol–water partition coefficient (Wildman–Crippen LogP) is 2.16. The Labute approximate surface area is 123 Å². The van der Waals surface area contributed by atoms with Gasteiger partial charge < -0.3 is 15.2 Å². The molecule has 0 spiro atoms. The Hall–Kier alpha value is -1.72. The molecule has 0 bridgehead atoms. The molecule has 2 N–H and O–H groups in total. The minimum atomic E-state index is 0.420. The van der Waals surface area contributed by atoms with Crippen molar-refractivity contribution in [2.24, 2.45) is 12.8 Å². The summed E-state index contributed by atoms with van der Waals surface area (Å²) in [5.41, 5.74) is 7.56. The highest BCUT2D eigenvalue weighted by Crippen LogP contribution is 2.35. The molecule has 5 nitrogen and oxygen atoms in total. The van der Waals surface area contributed by atoms with E-state index in [-0.39, 0.29) is 0 Å². The lowest BCUT2D eigenvalue weighted by atomic mass is 10.1. The fourth-order valence-electron chi connectivity index (χ4n) is 1.98. The highest BCUT2D eigenvalue weighted by Gasteiger charge is 2.13. The van der Waals surface area contributed by atoms with E-state index in [4.69, 9.17) is 26.8 Å². The van der Waals surface area contributed by atoms with E-state index in [0.29, 0.717) is 36.1 Å². The maximum Gasteiger partial charge on any atom is 0.165 e. The van der Waals surface area contributed by atoms with Crippen LogP contribution in [-0.2, 0) is 20.1 Å². The molecule has 2 aromatic rings. The largest absolute Gasteiger partial charge is 0.493 e.